The number of hydrogen-bond acceptors (Lipinski definition) is 2. The molecule has 5 heteroatoms. The largest absolute Gasteiger partial charge is 0.315 e. The van der Waals surface area contributed by atoms with E-state index in [9.17, 15) is 9.36 Å². The lowest BCUT2D eigenvalue weighted by Crippen LogP contribution is -2.28. The molecule has 0 aromatic heterocycles. The third-order valence-electron chi connectivity index (χ3n) is 3.96. The lowest BCUT2D eigenvalue weighted by atomic mass is 10.2. The van der Waals surface area contributed by atoms with Crippen molar-refractivity contribution < 1.29 is 9.36 Å². The van der Waals surface area contributed by atoms with Gasteiger partial charge in [-0.2, -0.15) is 0 Å². The van der Waals surface area contributed by atoms with Gasteiger partial charge < -0.3 is 4.57 Å². The van der Waals surface area contributed by atoms with Gasteiger partial charge in [0, 0.05) is 11.3 Å². The first-order valence-corrected chi connectivity index (χ1v) is 8.23. The van der Waals surface area contributed by atoms with E-state index in [0.717, 1.165) is 19.3 Å². The second-order valence-electron chi connectivity index (χ2n) is 4.73. The van der Waals surface area contributed by atoms with Gasteiger partial charge in [-0.05, 0) is 31.4 Å². The van der Waals surface area contributed by atoms with E-state index in [1.807, 2.05) is 0 Å². The van der Waals surface area contributed by atoms with Crippen molar-refractivity contribution >= 4 is 35.9 Å². The summed E-state index contributed by atoms with van der Waals surface area (Å²) < 4.78 is 12.7. The van der Waals surface area contributed by atoms with Crippen LogP contribution in [0.2, 0.25) is 10.0 Å². The van der Waals surface area contributed by atoms with Gasteiger partial charge in [-0.25, -0.2) is 0 Å². The van der Waals surface area contributed by atoms with Gasteiger partial charge in [0.15, 0.2) is 7.14 Å². The molecule has 90 valence electrons. The lowest BCUT2D eigenvalue weighted by Gasteiger charge is -2.34. The summed E-state index contributed by atoms with van der Waals surface area (Å²) in [5, 5.41) is 0.619. The molecule has 0 N–H and O–H groups in total. The third-order valence-corrected chi connectivity index (χ3v) is 8.55. The number of fused-ring (bicyclic) bond motifs is 1. The Morgan fingerprint density at radius 3 is 2.18 bits per heavy atom. The minimum atomic E-state index is -2.74. The van der Waals surface area contributed by atoms with Gasteiger partial charge in [-0.1, -0.05) is 29.3 Å². The predicted molar refractivity (Wildman–Crippen MR) is 69.8 cm³/mol. The van der Waals surface area contributed by atoms with E-state index < -0.39 is 7.14 Å². The van der Waals surface area contributed by atoms with E-state index in [1.165, 1.54) is 0 Å². The van der Waals surface area contributed by atoms with E-state index in [4.69, 9.17) is 23.2 Å². The second-order valence-corrected chi connectivity index (χ2v) is 8.83. The van der Waals surface area contributed by atoms with Crippen LogP contribution >= 0.6 is 30.3 Å². The first-order valence-electron chi connectivity index (χ1n) is 5.63. The quantitative estimate of drug-likeness (QED) is 0.755. The molecule has 4 rings (SSSR count). The Morgan fingerprint density at radius 1 is 1.18 bits per heavy atom. The summed E-state index contributed by atoms with van der Waals surface area (Å²) in [5.74, 6) is 0. The van der Waals surface area contributed by atoms with Crippen LogP contribution in [-0.2, 0) is 4.57 Å². The Balaban J connectivity index is 2.06. The summed E-state index contributed by atoms with van der Waals surface area (Å²) in [7, 11) is -2.74. The van der Waals surface area contributed by atoms with Gasteiger partial charge in [0.05, 0.1) is 15.6 Å². The zero-order chi connectivity index (χ0) is 12.2. The molecule has 17 heavy (non-hydrogen) atoms. The van der Waals surface area contributed by atoms with E-state index in [0.29, 0.717) is 10.0 Å². The summed E-state index contributed by atoms with van der Waals surface area (Å²) in [6, 6.07) is 4.93. The molecule has 3 fully saturated rings. The molecular weight excluding hydrogens is 278 g/mol. The number of halogens is 2. The fraction of sp³-hybridized carbons (Fsp3) is 0.417. The van der Waals surface area contributed by atoms with Crippen LogP contribution in [0.25, 0.3) is 0 Å². The van der Waals surface area contributed by atoms with Gasteiger partial charge in [0.2, 0.25) is 5.52 Å². The Labute approximate surface area is 110 Å². The maximum atomic E-state index is 12.7. The summed E-state index contributed by atoms with van der Waals surface area (Å²) in [6.07, 6.45) is 2.76. The van der Waals surface area contributed by atoms with Crippen LogP contribution < -0.4 is 0 Å². The van der Waals surface area contributed by atoms with Crippen molar-refractivity contribution in [2.75, 3.05) is 0 Å². The van der Waals surface area contributed by atoms with Crippen molar-refractivity contribution in [2.24, 2.45) is 0 Å². The average molecular weight is 289 g/mol. The number of carbonyl (C=O) groups is 1. The fourth-order valence-electron chi connectivity index (χ4n) is 3.00. The van der Waals surface area contributed by atoms with E-state index in [-0.39, 0.29) is 22.4 Å². The van der Waals surface area contributed by atoms with Crippen molar-refractivity contribution in [3.05, 3.63) is 33.8 Å². The first-order chi connectivity index (χ1) is 8.05. The molecule has 2 saturated heterocycles. The lowest BCUT2D eigenvalue weighted by molar-refractivity contribution is 0.107. The molecule has 0 spiro atoms. The van der Waals surface area contributed by atoms with Crippen LogP contribution in [0.15, 0.2) is 18.2 Å². The molecule has 0 amide bonds. The molecular formula is C12H11Cl2O2P. The van der Waals surface area contributed by atoms with Crippen LogP contribution in [0.4, 0.5) is 0 Å². The zero-order valence-electron chi connectivity index (χ0n) is 9.03. The standard InChI is InChI=1S/C12H11Cl2O2P/c13-9-2-1-3-10(14)11(9)12(15)17(16)7-4-5-8(17)6-7/h1-3,7-8H,4-6H2. The highest BCUT2D eigenvalue weighted by Gasteiger charge is 2.60. The second kappa shape index (κ2) is 3.85. The minimum Gasteiger partial charge on any atom is -0.315 e. The summed E-state index contributed by atoms with van der Waals surface area (Å²) >= 11 is 12.0. The zero-order valence-corrected chi connectivity index (χ0v) is 11.4. The number of rotatable bonds is 2. The highest BCUT2D eigenvalue weighted by atomic mass is 35.5. The van der Waals surface area contributed by atoms with Gasteiger partial charge in [0.25, 0.3) is 0 Å². The summed E-state index contributed by atoms with van der Waals surface area (Å²) in [5.41, 5.74) is 0.141. The van der Waals surface area contributed by atoms with Gasteiger partial charge >= 0.3 is 0 Å². The Hall–Kier alpha value is -0.300. The van der Waals surface area contributed by atoms with Crippen LogP contribution in [0.5, 0.6) is 0 Å². The molecule has 0 radical (unpaired) electrons. The van der Waals surface area contributed by atoms with Crippen LogP contribution in [-0.4, -0.2) is 16.8 Å². The van der Waals surface area contributed by atoms with Crippen LogP contribution in [0.1, 0.15) is 29.6 Å². The van der Waals surface area contributed by atoms with Gasteiger partial charge in [-0.15, -0.1) is 0 Å². The van der Waals surface area contributed by atoms with Gasteiger partial charge in [0.1, 0.15) is 0 Å². The highest BCUT2D eigenvalue weighted by molar-refractivity contribution is 7.84. The molecule has 2 nitrogen and oxygen atoms in total. The van der Waals surface area contributed by atoms with Crippen molar-refractivity contribution in [2.45, 2.75) is 30.6 Å². The summed E-state index contributed by atoms with van der Waals surface area (Å²) in [6.45, 7) is 0. The van der Waals surface area contributed by atoms with Gasteiger partial charge in [-0.3, -0.25) is 4.79 Å². The van der Waals surface area contributed by atoms with Crippen molar-refractivity contribution in [3.63, 3.8) is 0 Å². The molecule has 1 aromatic carbocycles. The van der Waals surface area contributed by atoms with Crippen molar-refractivity contribution in [3.8, 4) is 0 Å². The number of carbonyl (C=O) groups excluding carboxylic acids is 1. The normalized spacial score (nSPS) is 34.5. The minimum absolute atomic E-state index is 0.0901. The number of hydrogen-bond donors (Lipinski definition) is 0. The van der Waals surface area contributed by atoms with E-state index in [1.54, 1.807) is 18.2 Å². The van der Waals surface area contributed by atoms with E-state index >= 15 is 0 Å². The molecule has 1 aromatic rings. The third kappa shape index (κ3) is 1.47. The molecule has 2 atom stereocenters. The Bertz CT molecular complexity index is 517. The molecule has 1 saturated carbocycles. The van der Waals surface area contributed by atoms with Crippen LogP contribution in [0, 0.1) is 0 Å². The Kier molecular flexibility index (Phi) is 2.66. The highest BCUT2D eigenvalue weighted by Crippen LogP contribution is 2.76. The van der Waals surface area contributed by atoms with Crippen molar-refractivity contribution in [1.29, 1.82) is 0 Å². The molecule has 3 aliphatic rings. The average Bonchev–Trinajstić information content (AvgIpc) is 2.88. The maximum Gasteiger partial charge on any atom is 0.224 e. The predicted octanol–water partition coefficient (Wildman–Crippen LogP) is 4.43. The molecule has 2 heterocycles. The topological polar surface area (TPSA) is 34.1 Å². The first kappa shape index (κ1) is 11.8. The monoisotopic (exact) mass is 288 g/mol. The molecule has 2 aliphatic heterocycles. The molecule has 1 aliphatic carbocycles. The Morgan fingerprint density at radius 2 is 1.71 bits per heavy atom. The molecule has 2 unspecified atom stereocenters. The maximum absolute atomic E-state index is 12.7. The van der Waals surface area contributed by atoms with Crippen LogP contribution in [0.3, 0.4) is 0 Å². The number of benzene rings is 1. The summed E-state index contributed by atoms with van der Waals surface area (Å²) in [4.78, 5) is 12.4. The van der Waals surface area contributed by atoms with E-state index in [2.05, 4.69) is 0 Å². The van der Waals surface area contributed by atoms with Crippen molar-refractivity contribution in [1.82, 2.24) is 0 Å². The SMILES string of the molecule is O=C(c1c(Cl)cccc1Cl)P1(=O)C2CCC1C2. The molecule has 2 bridgehead atoms. The smallest absolute Gasteiger partial charge is 0.224 e. The fourth-order valence-corrected chi connectivity index (χ4v) is 7.36.